The van der Waals surface area contributed by atoms with Gasteiger partial charge >= 0.3 is 6.03 Å². The summed E-state index contributed by atoms with van der Waals surface area (Å²) in [6, 6.07) is 6.51. The molecular formula is C17H19BrN4O4. The van der Waals surface area contributed by atoms with Crippen molar-refractivity contribution in [1.29, 1.82) is 0 Å². The molecule has 3 N–H and O–H groups in total. The summed E-state index contributed by atoms with van der Waals surface area (Å²) in [5.41, 5.74) is -0.338. The predicted molar refractivity (Wildman–Crippen MR) is 97.2 cm³/mol. The third-order valence-corrected chi connectivity index (χ3v) is 5.28. The van der Waals surface area contributed by atoms with Gasteiger partial charge in [0.05, 0.1) is 12.2 Å². The topological polar surface area (TPSA) is 108 Å². The second kappa shape index (κ2) is 7.06. The quantitative estimate of drug-likeness (QED) is 0.598. The van der Waals surface area contributed by atoms with E-state index in [2.05, 4.69) is 31.9 Å². The normalized spacial score (nSPS) is 22.2. The van der Waals surface area contributed by atoms with Gasteiger partial charge in [0.15, 0.2) is 0 Å². The van der Waals surface area contributed by atoms with Crippen LogP contribution in [0.15, 0.2) is 28.7 Å². The maximum atomic E-state index is 12.4. The Kier molecular flexibility index (Phi) is 4.99. The molecule has 8 nitrogen and oxygen atoms in total. The minimum atomic E-state index is -0.922. The van der Waals surface area contributed by atoms with E-state index in [1.54, 1.807) is 25.1 Å². The van der Waals surface area contributed by atoms with Crippen LogP contribution in [0.3, 0.4) is 0 Å². The number of urea groups is 1. The van der Waals surface area contributed by atoms with Crippen LogP contribution in [-0.4, -0.2) is 47.3 Å². The first-order valence-electron chi connectivity index (χ1n) is 8.26. The molecule has 1 saturated carbocycles. The van der Waals surface area contributed by atoms with Crippen molar-refractivity contribution in [3.05, 3.63) is 28.7 Å². The van der Waals surface area contributed by atoms with Crippen LogP contribution >= 0.6 is 15.9 Å². The molecule has 5 amide bonds. The number of hydrogen-bond donors (Lipinski definition) is 3. The largest absolute Gasteiger partial charge is 0.345 e. The highest BCUT2D eigenvalue weighted by molar-refractivity contribution is 9.10. The van der Waals surface area contributed by atoms with Gasteiger partial charge in [0.25, 0.3) is 5.91 Å². The van der Waals surface area contributed by atoms with Crippen molar-refractivity contribution in [2.45, 2.75) is 25.3 Å². The number of hydrogen-bond acceptors (Lipinski definition) is 4. The van der Waals surface area contributed by atoms with Gasteiger partial charge in [-0.25, -0.2) is 4.79 Å². The lowest BCUT2D eigenvalue weighted by atomic mass is 9.96. The van der Waals surface area contributed by atoms with Crippen LogP contribution < -0.4 is 16.0 Å². The average Bonchev–Trinajstić information content (AvgIpc) is 3.41. The molecule has 1 saturated heterocycles. The summed E-state index contributed by atoms with van der Waals surface area (Å²) in [7, 11) is 0. The fourth-order valence-electron chi connectivity index (χ4n) is 2.93. The highest BCUT2D eigenvalue weighted by Crippen LogP contribution is 2.42. The number of carbonyl (C=O) groups is 4. The lowest BCUT2D eigenvalue weighted by molar-refractivity contribution is -0.135. The number of rotatable bonds is 6. The summed E-state index contributed by atoms with van der Waals surface area (Å²) in [5, 5.41) is 7.75. The molecule has 9 heteroatoms. The Labute approximate surface area is 158 Å². The molecule has 3 rings (SSSR count). The molecule has 26 heavy (non-hydrogen) atoms. The number of benzene rings is 1. The molecule has 2 aliphatic rings. The van der Waals surface area contributed by atoms with E-state index in [9.17, 15) is 19.2 Å². The molecular weight excluding hydrogens is 404 g/mol. The van der Waals surface area contributed by atoms with Crippen molar-refractivity contribution in [3.63, 3.8) is 0 Å². The van der Waals surface area contributed by atoms with Gasteiger partial charge in [-0.15, -0.1) is 0 Å². The Hall–Kier alpha value is -2.42. The minimum absolute atomic E-state index is 0.127. The van der Waals surface area contributed by atoms with Gasteiger partial charge in [-0.2, -0.15) is 0 Å². The first kappa shape index (κ1) is 18.4. The molecule has 1 aromatic carbocycles. The number of anilines is 1. The second-order valence-corrected chi connectivity index (χ2v) is 7.46. The van der Waals surface area contributed by atoms with Crippen molar-refractivity contribution in [3.8, 4) is 0 Å². The molecule has 1 unspecified atom stereocenters. The van der Waals surface area contributed by atoms with Crippen LogP contribution in [0.4, 0.5) is 10.5 Å². The van der Waals surface area contributed by atoms with Gasteiger partial charge in [-0.1, -0.05) is 12.1 Å². The SMILES string of the molecule is CC1(C2CC2)NC(=O)N(CC(=O)NCC(=O)Nc2ccccc2Br)C1=O. The molecule has 1 aliphatic carbocycles. The van der Waals surface area contributed by atoms with E-state index in [4.69, 9.17) is 0 Å². The predicted octanol–water partition coefficient (Wildman–Crippen LogP) is 1.22. The van der Waals surface area contributed by atoms with E-state index in [-0.39, 0.29) is 12.5 Å². The number of imide groups is 1. The number of halogens is 1. The van der Waals surface area contributed by atoms with E-state index < -0.39 is 35.8 Å². The highest BCUT2D eigenvalue weighted by atomic mass is 79.9. The monoisotopic (exact) mass is 422 g/mol. The Morgan fingerprint density at radius 2 is 1.96 bits per heavy atom. The van der Waals surface area contributed by atoms with Crippen LogP contribution in [0.2, 0.25) is 0 Å². The molecule has 1 atom stereocenters. The van der Waals surface area contributed by atoms with Crippen LogP contribution in [0.5, 0.6) is 0 Å². The highest BCUT2D eigenvalue weighted by Gasteiger charge is 2.56. The Bertz CT molecular complexity index is 780. The van der Waals surface area contributed by atoms with E-state index in [0.717, 1.165) is 22.2 Å². The molecule has 2 fully saturated rings. The van der Waals surface area contributed by atoms with Crippen molar-refractivity contribution < 1.29 is 19.2 Å². The molecule has 0 spiro atoms. The fraction of sp³-hybridized carbons (Fsp3) is 0.412. The third-order valence-electron chi connectivity index (χ3n) is 4.59. The molecule has 0 aromatic heterocycles. The van der Waals surface area contributed by atoms with Gasteiger partial charge in [0.2, 0.25) is 11.8 Å². The number of amides is 5. The van der Waals surface area contributed by atoms with Gasteiger partial charge in [0.1, 0.15) is 12.1 Å². The summed E-state index contributed by atoms with van der Waals surface area (Å²) >= 11 is 3.31. The Morgan fingerprint density at radius 3 is 2.62 bits per heavy atom. The van der Waals surface area contributed by atoms with Crippen LogP contribution in [0.1, 0.15) is 19.8 Å². The smallest absolute Gasteiger partial charge is 0.325 e. The van der Waals surface area contributed by atoms with Gasteiger partial charge in [-0.3, -0.25) is 19.3 Å². The number of nitrogens with zero attached hydrogens (tertiary/aromatic N) is 1. The van der Waals surface area contributed by atoms with Gasteiger partial charge < -0.3 is 16.0 Å². The lowest BCUT2D eigenvalue weighted by Crippen LogP contribution is -2.47. The van der Waals surface area contributed by atoms with Gasteiger partial charge in [-0.05, 0) is 53.7 Å². The van der Waals surface area contributed by atoms with Crippen molar-refractivity contribution in [2.75, 3.05) is 18.4 Å². The number of para-hydroxylation sites is 1. The molecule has 1 heterocycles. The second-order valence-electron chi connectivity index (χ2n) is 6.60. The van der Waals surface area contributed by atoms with E-state index >= 15 is 0 Å². The molecule has 1 aromatic rings. The number of carbonyl (C=O) groups excluding carboxylic acids is 4. The standard InChI is InChI=1S/C17H19BrN4O4/c1-17(10-6-7-10)15(25)22(16(26)21-17)9-14(24)19-8-13(23)20-12-5-3-2-4-11(12)18/h2-5,10H,6-9H2,1H3,(H,19,24)(H,20,23)(H,21,26). The molecule has 1 aliphatic heterocycles. The molecule has 0 bridgehead atoms. The fourth-order valence-corrected chi connectivity index (χ4v) is 3.32. The summed E-state index contributed by atoms with van der Waals surface area (Å²) in [5.74, 6) is -1.25. The summed E-state index contributed by atoms with van der Waals surface area (Å²) in [6.45, 7) is 1.02. The summed E-state index contributed by atoms with van der Waals surface area (Å²) in [4.78, 5) is 49.3. The average molecular weight is 423 g/mol. The third kappa shape index (κ3) is 3.72. The van der Waals surface area contributed by atoms with Crippen LogP contribution in [0, 0.1) is 5.92 Å². The minimum Gasteiger partial charge on any atom is -0.345 e. The van der Waals surface area contributed by atoms with Crippen LogP contribution in [-0.2, 0) is 14.4 Å². The number of nitrogens with one attached hydrogen (secondary N) is 3. The maximum Gasteiger partial charge on any atom is 0.325 e. The zero-order valence-electron chi connectivity index (χ0n) is 14.2. The zero-order valence-corrected chi connectivity index (χ0v) is 15.8. The zero-order chi connectivity index (χ0) is 18.9. The van der Waals surface area contributed by atoms with Crippen LogP contribution in [0.25, 0.3) is 0 Å². The van der Waals surface area contributed by atoms with Gasteiger partial charge in [0, 0.05) is 4.47 Å². The molecule has 0 radical (unpaired) electrons. The molecule has 138 valence electrons. The first-order chi connectivity index (χ1) is 12.3. The first-order valence-corrected chi connectivity index (χ1v) is 9.06. The Balaban J connectivity index is 1.50. The lowest BCUT2D eigenvalue weighted by Gasteiger charge is -2.20. The van der Waals surface area contributed by atoms with E-state index in [0.29, 0.717) is 5.69 Å². The van der Waals surface area contributed by atoms with Crippen molar-refractivity contribution >= 4 is 45.4 Å². The summed E-state index contributed by atoms with van der Waals surface area (Å²) in [6.07, 6.45) is 1.77. The Morgan fingerprint density at radius 1 is 1.27 bits per heavy atom. The van der Waals surface area contributed by atoms with E-state index in [1.807, 2.05) is 6.07 Å². The van der Waals surface area contributed by atoms with E-state index in [1.165, 1.54) is 0 Å². The van der Waals surface area contributed by atoms with Crippen molar-refractivity contribution in [1.82, 2.24) is 15.5 Å². The maximum absolute atomic E-state index is 12.4. The summed E-state index contributed by atoms with van der Waals surface area (Å²) < 4.78 is 0.721. The van der Waals surface area contributed by atoms with Crippen molar-refractivity contribution in [2.24, 2.45) is 5.92 Å².